The summed E-state index contributed by atoms with van der Waals surface area (Å²) in [6.07, 6.45) is 0.850. The van der Waals surface area contributed by atoms with Crippen molar-refractivity contribution in [2.45, 2.75) is 31.1 Å². The molecular formula is C77H54N2O. The molecule has 0 aliphatic heterocycles. The highest BCUT2D eigenvalue weighted by Crippen LogP contribution is 2.65. The number of hydrogen-bond donors (Lipinski definition) is 0. The van der Waals surface area contributed by atoms with Crippen molar-refractivity contribution in [1.82, 2.24) is 0 Å². The molecular weight excluding hydrogens is 969 g/mol. The van der Waals surface area contributed by atoms with E-state index in [9.17, 15) is 0 Å². The molecule has 0 radical (unpaired) electrons. The maximum Gasteiger partial charge on any atom is 0.159 e. The lowest BCUT2D eigenvalue weighted by atomic mass is 9.62. The Morgan fingerprint density at radius 3 is 1.57 bits per heavy atom. The van der Waals surface area contributed by atoms with Crippen LogP contribution < -0.4 is 9.80 Å². The Hall–Kier alpha value is -9.96. The SMILES string of the molecule is CC1(C)c2ccccc2-c2c3c(cc(-c4cc(N(c5ccccc5)c5ccccc5)cc(N(c5ccc(-c6ccccc6)cc5)c5cccc6c5oc5ccccc56)c4)c21)C1(Cc2ccccc2-c2ccccc21)c1ccccc1-3. The molecule has 0 fully saturated rings. The minimum atomic E-state index is -0.466. The van der Waals surface area contributed by atoms with Gasteiger partial charge in [-0.05, 0) is 168 Å². The van der Waals surface area contributed by atoms with Gasteiger partial charge in [0.15, 0.2) is 5.58 Å². The first-order valence-corrected chi connectivity index (χ1v) is 28.0. The van der Waals surface area contributed by atoms with E-state index in [-0.39, 0.29) is 5.41 Å². The second-order valence-electron chi connectivity index (χ2n) is 22.3. The number of anilines is 6. The van der Waals surface area contributed by atoms with Gasteiger partial charge in [0.2, 0.25) is 0 Å². The Morgan fingerprint density at radius 2 is 0.863 bits per heavy atom. The summed E-state index contributed by atoms with van der Waals surface area (Å²) in [6, 6.07) is 103. The molecule has 0 saturated heterocycles. The number of nitrogens with zero attached hydrogens (tertiary/aromatic N) is 2. The monoisotopic (exact) mass is 1020 g/mol. The van der Waals surface area contributed by atoms with Crippen LogP contribution in [0.3, 0.4) is 0 Å². The fourth-order valence-electron chi connectivity index (χ4n) is 14.3. The predicted octanol–water partition coefficient (Wildman–Crippen LogP) is 20.7. The molecule has 1 aromatic heterocycles. The number of fused-ring (bicyclic) bond motifs is 16. The lowest BCUT2D eigenvalue weighted by molar-refractivity contribution is 0.621. The molecule has 3 aliphatic rings. The molecule has 3 aliphatic carbocycles. The third-order valence-electron chi connectivity index (χ3n) is 17.7. The first-order chi connectivity index (χ1) is 39.4. The van der Waals surface area contributed by atoms with Crippen molar-refractivity contribution in [3.63, 3.8) is 0 Å². The van der Waals surface area contributed by atoms with Gasteiger partial charge in [0.25, 0.3) is 0 Å². The Bertz CT molecular complexity index is 4550. The van der Waals surface area contributed by atoms with Gasteiger partial charge in [-0.25, -0.2) is 0 Å². The topological polar surface area (TPSA) is 19.6 Å². The largest absolute Gasteiger partial charge is 0.454 e. The van der Waals surface area contributed by atoms with Gasteiger partial charge >= 0.3 is 0 Å². The van der Waals surface area contributed by atoms with E-state index < -0.39 is 5.41 Å². The van der Waals surface area contributed by atoms with Gasteiger partial charge in [0.05, 0.1) is 11.1 Å². The van der Waals surface area contributed by atoms with Crippen molar-refractivity contribution < 1.29 is 4.42 Å². The summed E-state index contributed by atoms with van der Waals surface area (Å²) in [6.45, 7) is 4.90. The lowest BCUT2D eigenvalue weighted by Gasteiger charge is -2.40. The summed E-state index contributed by atoms with van der Waals surface area (Å²) in [5.74, 6) is 0. The minimum absolute atomic E-state index is 0.362. The highest BCUT2D eigenvalue weighted by atomic mass is 16.3. The smallest absolute Gasteiger partial charge is 0.159 e. The molecule has 0 N–H and O–H groups in total. The highest BCUT2D eigenvalue weighted by Gasteiger charge is 2.52. The lowest BCUT2D eigenvalue weighted by Crippen LogP contribution is -2.33. The van der Waals surface area contributed by atoms with Crippen LogP contribution in [0.25, 0.3) is 77.6 Å². The second kappa shape index (κ2) is 17.8. The Labute approximate surface area is 466 Å². The molecule has 12 aromatic carbocycles. The van der Waals surface area contributed by atoms with Crippen LogP contribution in [0.4, 0.5) is 34.1 Å². The summed E-state index contributed by atoms with van der Waals surface area (Å²) in [5.41, 5.74) is 27.8. The summed E-state index contributed by atoms with van der Waals surface area (Å²) >= 11 is 0. The fourth-order valence-corrected chi connectivity index (χ4v) is 14.3. The van der Waals surface area contributed by atoms with E-state index in [1.165, 1.54) is 77.9 Å². The quantitative estimate of drug-likeness (QED) is 0.151. The maximum atomic E-state index is 7.00. The number of rotatable bonds is 8. The van der Waals surface area contributed by atoms with E-state index in [1.54, 1.807) is 0 Å². The average Bonchev–Trinajstić information content (AvgIpc) is 3.29. The third kappa shape index (κ3) is 6.80. The van der Waals surface area contributed by atoms with E-state index in [0.717, 1.165) is 73.6 Å². The predicted molar refractivity (Wildman–Crippen MR) is 332 cm³/mol. The van der Waals surface area contributed by atoms with Gasteiger partial charge in [0.1, 0.15) is 5.58 Å². The van der Waals surface area contributed by atoms with Crippen LogP contribution in [0, 0.1) is 0 Å². The number of hydrogen-bond acceptors (Lipinski definition) is 3. The zero-order valence-corrected chi connectivity index (χ0v) is 44.6. The number of para-hydroxylation sites is 4. The van der Waals surface area contributed by atoms with Crippen molar-refractivity contribution in [2.24, 2.45) is 0 Å². The Balaban J connectivity index is 1.04. The molecule has 1 heterocycles. The molecule has 0 saturated carbocycles. The van der Waals surface area contributed by atoms with Crippen molar-refractivity contribution in [1.29, 1.82) is 0 Å². The standard InChI is InChI=1S/C77H54N2O/c1-76(2)66-36-18-15-33-63(66)73-72-64-34-16-20-38-68(64)77(49-52-25-12-13-30-59(52)60-31-14-19-37-67(60)77)69(72)48-65(74(73)76)53-45-57(78(54-26-8-4-9-27-54)55-28-10-5-11-29-55)47-58(46-53)79(56-43-41-51(42-44-56)50-23-6-3-7-24-50)70-39-22-35-62-61-32-17-21-40-71(61)80-75(62)70/h3-48H,49H2,1-2H3. The van der Waals surface area contributed by atoms with E-state index in [0.29, 0.717) is 0 Å². The van der Waals surface area contributed by atoms with Gasteiger partial charge in [-0.1, -0.05) is 220 Å². The minimum Gasteiger partial charge on any atom is -0.454 e. The van der Waals surface area contributed by atoms with Crippen LogP contribution >= 0.6 is 0 Å². The number of benzene rings is 12. The Kier molecular flexibility index (Phi) is 10.3. The summed E-state index contributed by atoms with van der Waals surface area (Å²) in [7, 11) is 0. The van der Waals surface area contributed by atoms with Gasteiger partial charge in [-0.15, -0.1) is 0 Å². The molecule has 80 heavy (non-hydrogen) atoms. The van der Waals surface area contributed by atoms with Gasteiger partial charge in [0, 0.05) is 44.6 Å². The first-order valence-electron chi connectivity index (χ1n) is 28.0. The van der Waals surface area contributed by atoms with Crippen LogP contribution in [0.5, 0.6) is 0 Å². The van der Waals surface area contributed by atoms with E-state index in [4.69, 9.17) is 4.42 Å². The zero-order valence-electron chi connectivity index (χ0n) is 44.6. The molecule has 1 spiro atoms. The first kappa shape index (κ1) is 46.2. The van der Waals surface area contributed by atoms with Crippen molar-refractivity contribution in [3.05, 3.63) is 312 Å². The van der Waals surface area contributed by atoms with E-state index in [1.807, 2.05) is 0 Å². The molecule has 1 atom stereocenters. The van der Waals surface area contributed by atoms with Gasteiger partial charge < -0.3 is 14.2 Å². The summed E-state index contributed by atoms with van der Waals surface area (Å²) in [4.78, 5) is 4.85. The molecule has 13 aromatic rings. The molecule has 0 bridgehead atoms. The summed E-state index contributed by atoms with van der Waals surface area (Å²) < 4.78 is 7.00. The molecule has 3 heteroatoms. The zero-order chi connectivity index (χ0) is 53.1. The normalized spacial score (nSPS) is 15.0. The van der Waals surface area contributed by atoms with Crippen LogP contribution in [0.1, 0.15) is 47.2 Å². The highest BCUT2D eigenvalue weighted by molar-refractivity contribution is 6.11. The maximum absolute atomic E-state index is 7.00. The van der Waals surface area contributed by atoms with Crippen molar-refractivity contribution in [3.8, 4) is 55.6 Å². The molecule has 1 unspecified atom stereocenters. The van der Waals surface area contributed by atoms with E-state index >= 15 is 0 Å². The van der Waals surface area contributed by atoms with Gasteiger partial charge in [-0.3, -0.25) is 0 Å². The molecule has 0 amide bonds. The van der Waals surface area contributed by atoms with Crippen LogP contribution in [-0.2, 0) is 17.3 Å². The second-order valence-corrected chi connectivity index (χ2v) is 22.3. The van der Waals surface area contributed by atoms with Crippen molar-refractivity contribution in [2.75, 3.05) is 9.80 Å². The van der Waals surface area contributed by atoms with E-state index in [2.05, 4.69) is 303 Å². The molecule has 16 rings (SSSR count). The molecule has 3 nitrogen and oxygen atoms in total. The van der Waals surface area contributed by atoms with Crippen molar-refractivity contribution >= 4 is 56.1 Å². The summed E-state index contributed by atoms with van der Waals surface area (Å²) in [5, 5.41) is 2.17. The Morgan fingerprint density at radius 1 is 0.338 bits per heavy atom. The van der Waals surface area contributed by atoms with Crippen LogP contribution in [0.15, 0.2) is 283 Å². The molecule has 378 valence electrons. The number of furan rings is 1. The fraction of sp³-hybridized carbons (Fsp3) is 0.0649. The van der Waals surface area contributed by atoms with Crippen LogP contribution in [0.2, 0.25) is 0 Å². The third-order valence-corrected chi connectivity index (χ3v) is 17.7. The average molecular weight is 1020 g/mol. The van der Waals surface area contributed by atoms with Crippen LogP contribution in [-0.4, -0.2) is 0 Å². The van der Waals surface area contributed by atoms with Gasteiger partial charge in [-0.2, -0.15) is 0 Å².